The summed E-state index contributed by atoms with van der Waals surface area (Å²) in [6.07, 6.45) is 0.684. The van der Waals surface area contributed by atoms with Crippen LogP contribution in [0.15, 0.2) is 29.2 Å². The summed E-state index contributed by atoms with van der Waals surface area (Å²) in [6.45, 7) is 0. The minimum absolute atomic E-state index is 0.0673. The van der Waals surface area contributed by atoms with Crippen LogP contribution in [0, 0.1) is 0 Å². The van der Waals surface area contributed by atoms with Crippen molar-refractivity contribution < 1.29 is 8.42 Å². The molecule has 1 aromatic carbocycles. The highest BCUT2D eigenvalue weighted by atomic mass is 35.5. The molecule has 0 radical (unpaired) electrons. The van der Waals surface area contributed by atoms with E-state index in [4.69, 9.17) is 17.3 Å². The molecule has 4 nitrogen and oxygen atoms in total. The Balaban J connectivity index is 2.26. The van der Waals surface area contributed by atoms with Crippen LogP contribution in [0.3, 0.4) is 0 Å². The Morgan fingerprint density at radius 3 is 2.53 bits per heavy atom. The summed E-state index contributed by atoms with van der Waals surface area (Å²) >= 11 is 5.80. The average Bonchev–Trinajstić information content (AvgIpc) is 2.81. The van der Waals surface area contributed by atoms with E-state index in [1.807, 2.05) is 0 Å². The lowest BCUT2D eigenvalue weighted by Crippen LogP contribution is -2.29. The van der Waals surface area contributed by atoms with Crippen molar-refractivity contribution in [2.45, 2.75) is 23.4 Å². The fourth-order valence-corrected chi connectivity index (χ4v) is 3.10. The normalized spacial score (nSPS) is 25.2. The second kappa shape index (κ2) is 3.75. The standard InChI is InChI=1S/C9H11ClN2O2S/c10-6-3-1-2-4-9(6)15(13,14)12-8-5-7(8)11/h1-4,7-8,12H,5,11H2. The van der Waals surface area contributed by atoms with Crippen LogP contribution in [0.25, 0.3) is 0 Å². The van der Waals surface area contributed by atoms with E-state index in [1.54, 1.807) is 18.2 Å². The Labute approximate surface area is 93.5 Å². The van der Waals surface area contributed by atoms with E-state index in [9.17, 15) is 8.42 Å². The molecule has 1 fully saturated rings. The zero-order valence-corrected chi connectivity index (χ0v) is 9.42. The van der Waals surface area contributed by atoms with E-state index in [1.165, 1.54) is 6.07 Å². The number of nitrogens with one attached hydrogen (secondary N) is 1. The van der Waals surface area contributed by atoms with Crippen LogP contribution >= 0.6 is 11.6 Å². The third-order valence-corrected chi connectivity index (χ3v) is 4.26. The Morgan fingerprint density at radius 1 is 1.40 bits per heavy atom. The molecule has 0 aromatic heterocycles. The summed E-state index contributed by atoms with van der Waals surface area (Å²) < 4.78 is 26.1. The van der Waals surface area contributed by atoms with Crippen LogP contribution in [-0.4, -0.2) is 20.5 Å². The van der Waals surface area contributed by atoms with Gasteiger partial charge in [0.25, 0.3) is 0 Å². The average molecular weight is 247 g/mol. The minimum Gasteiger partial charge on any atom is -0.326 e. The number of sulfonamides is 1. The van der Waals surface area contributed by atoms with Crippen molar-refractivity contribution in [1.82, 2.24) is 4.72 Å². The number of hydrogen-bond donors (Lipinski definition) is 2. The van der Waals surface area contributed by atoms with Gasteiger partial charge in [-0.25, -0.2) is 13.1 Å². The van der Waals surface area contributed by atoms with Crippen molar-refractivity contribution in [1.29, 1.82) is 0 Å². The summed E-state index contributed by atoms with van der Waals surface area (Å²) in [5.74, 6) is 0. The van der Waals surface area contributed by atoms with Crippen LogP contribution in [0.4, 0.5) is 0 Å². The van der Waals surface area contributed by atoms with E-state index < -0.39 is 10.0 Å². The fourth-order valence-electron chi connectivity index (χ4n) is 1.28. The van der Waals surface area contributed by atoms with E-state index in [0.29, 0.717) is 6.42 Å². The van der Waals surface area contributed by atoms with Crippen LogP contribution < -0.4 is 10.5 Å². The Hall–Kier alpha value is -0.620. The molecule has 6 heteroatoms. The molecular weight excluding hydrogens is 236 g/mol. The maximum atomic E-state index is 11.8. The zero-order valence-electron chi connectivity index (χ0n) is 7.85. The number of nitrogens with two attached hydrogens (primary N) is 1. The molecule has 0 spiro atoms. The summed E-state index contributed by atoms with van der Waals surface area (Å²) in [5, 5.41) is 0.222. The van der Waals surface area contributed by atoms with Gasteiger partial charge in [-0.3, -0.25) is 0 Å². The number of hydrogen-bond acceptors (Lipinski definition) is 3. The maximum Gasteiger partial charge on any atom is 0.242 e. The number of rotatable bonds is 3. The molecule has 0 heterocycles. The lowest BCUT2D eigenvalue weighted by atomic mass is 10.4. The third kappa shape index (κ3) is 2.31. The highest BCUT2D eigenvalue weighted by Crippen LogP contribution is 2.24. The molecule has 2 unspecified atom stereocenters. The zero-order chi connectivity index (χ0) is 11.1. The first-order chi connectivity index (χ1) is 7.00. The summed E-state index contributed by atoms with van der Waals surface area (Å²) in [7, 11) is -3.52. The first-order valence-corrected chi connectivity index (χ1v) is 6.39. The van der Waals surface area contributed by atoms with Gasteiger partial charge >= 0.3 is 0 Å². The van der Waals surface area contributed by atoms with Crippen molar-refractivity contribution >= 4 is 21.6 Å². The monoisotopic (exact) mass is 246 g/mol. The Morgan fingerprint density at radius 2 is 2.00 bits per heavy atom. The summed E-state index contributed by atoms with van der Waals surface area (Å²) in [5.41, 5.74) is 5.53. The highest BCUT2D eigenvalue weighted by molar-refractivity contribution is 7.89. The van der Waals surface area contributed by atoms with Gasteiger partial charge in [0.2, 0.25) is 10.0 Å². The van der Waals surface area contributed by atoms with E-state index in [-0.39, 0.29) is 22.0 Å². The molecule has 3 N–H and O–H groups in total. The Bertz CT molecular complexity index is 475. The highest BCUT2D eigenvalue weighted by Gasteiger charge is 2.37. The lowest BCUT2D eigenvalue weighted by Gasteiger charge is -2.06. The van der Waals surface area contributed by atoms with Crippen LogP contribution in [0.1, 0.15) is 6.42 Å². The molecule has 0 saturated heterocycles. The predicted molar refractivity (Wildman–Crippen MR) is 58.2 cm³/mol. The van der Waals surface area contributed by atoms with Crippen molar-refractivity contribution in [3.05, 3.63) is 29.3 Å². The molecule has 0 aliphatic heterocycles. The second-order valence-electron chi connectivity index (χ2n) is 3.56. The third-order valence-electron chi connectivity index (χ3n) is 2.27. The van der Waals surface area contributed by atoms with Gasteiger partial charge in [-0.2, -0.15) is 0 Å². The van der Waals surface area contributed by atoms with Gasteiger partial charge in [-0.15, -0.1) is 0 Å². The molecule has 1 aromatic rings. The predicted octanol–water partition coefficient (Wildman–Crippen LogP) is 0.718. The minimum atomic E-state index is -3.52. The first-order valence-electron chi connectivity index (χ1n) is 4.53. The smallest absolute Gasteiger partial charge is 0.242 e. The van der Waals surface area contributed by atoms with Crippen molar-refractivity contribution in [2.24, 2.45) is 5.73 Å². The summed E-state index contributed by atoms with van der Waals surface area (Å²) in [4.78, 5) is 0.103. The van der Waals surface area contributed by atoms with Gasteiger partial charge in [0, 0.05) is 12.1 Å². The lowest BCUT2D eigenvalue weighted by molar-refractivity contribution is 0.580. The molecule has 1 aliphatic carbocycles. The van der Waals surface area contributed by atoms with Crippen molar-refractivity contribution in [3.8, 4) is 0 Å². The fraction of sp³-hybridized carbons (Fsp3) is 0.333. The molecule has 0 amide bonds. The summed E-state index contributed by atoms with van der Waals surface area (Å²) in [6, 6.07) is 6.12. The van der Waals surface area contributed by atoms with Gasteiger partial charge in [0.05, 0.1) is 5.02 Å². The van der Waals surface area contributed by atoms with Gasteiger partial charge < -0.3 is 5.73 Å². The van der Waals surface area contributed by atoms with Gasteiger partial charge in [0.15, 0.2) is 0 Å². The molecule has 2 rings (SSSR count). The van der Waals surface area contributed by atoms with Crippen LogP contribution in [0.5, 0.6) is 0 Å². The largest absolute Gasteiger partial charge is 0.326 e. The molecule has 1 aliphatic rings. The van der Waals surface area contributed by atoms with Crippen molar-refractivity contribution in [2.75, 3.05) is 0 Å². The quantitative estimate of drug-likeness (QED) is 0.826. The maximum absolute atomic E-state index is 11.8. The van der Waals surface area contributed by atoms with E-state index >= 15 is 0 Å². The molecule has 15 heavy (non-hydrogen) atoms. The second-order valence-corrected chi connectivity index (χ2v) is 5.65. The number of benzene rings is 1. The van der Waals surface area contributed by atoms with Crippen molar-refractivity contribution in [3.63, 3.8) is 0 Å². The van der Waals surface area contributed by atoms with Crippen LogP contribution in [-0.2, 0) is 10.0 Å². The van der Waals surface area contributed by atoms with E-state index in [0.717, 1.165) is 0 Å². The first kappa shape index (κ1) is 10.9. The van der Waals surface area contributed by atoms with Gasteiger partial charge in [0.1, 0.15) is 4.90 Å². The molecular formula is C9H11ClN2O2S. The number of halogens is 1. The van der Waals surface area contributed by atoms with Crippen LogP contribution in [0.2, 0.25) is 5.02 Å². The SMILES string of the molecule is NC1CC1NS(=O)(=O)c1ccccc1Cl. The molecule has 0 bridgehead atoms. The molecule has 1 saturated carbocycles. The topological polar surface area (TPSA) is 72.2 Å². The Kier molecular flexibility index (Phi) is 2.72. The van der Waals surface area contributed by atoms with Gasteiger partial charge in [-0.05, 0) is 18.6 Å². The molecule has 82 valence electrons. The van der Waals surface area contributed by atoms with Gasteiger partial charge in [-0.1, -0.05) is 23.7 Å². The molecule has 2 atom stereocenters. The van der Waals surface area contributed by atoms with E-state index in [2.05, 4.69) is 4.72 Å².